The van der Waals surface area contributed by atoms with Crippen LogP contribution in [-0.4, -0.2) is 32.9 Å². The van der Waals surface area contributed by atoms with Crippen molar-refractivity contribution in [2.24, 2.45) is 7.05 Å². The van der Waals surface area contributed by atoms with Crippen LogP contribution < -0.4 is 10.6 Å². The third-order valence-corrected chi connectivity index (χ3v) is 3.92. The van der Waals surface area contributed by atoms with Crippen molar-refractivity contribution < 1.29 is 4.79 Å². The molecule has 2 aromatic heterocycles. The van der Waals surface area contributed by atoms with Crippen LogP contribution in [0, 0.1) is 13.8 Å². The Labute approximate surface area is 150 Å². The number of carbonyl (C=O) groups excluding carboxylic acids is 1. The van der Waals surface area contributed by atoms with E-state index in [4.69, 9.17) is 0 Å². The summed E-state index contributed by atoms with van der Waals surface area (Å²) < 4.78 is 2.23. The Morgan fingerprint density at radius 1 is 1.36 bits per heavy atom. The summed E-state index contributed by atoms with van der Waals surface area (Å²) in [6.45, 7) is 8.64. The number of aryl methyl sites for hydroxylation is 2. The molecule has 2 heterocycles. The van der Waals surface area contributed by atoms with Crippen LogP contribution in [-0.2, 0) is 18.4 Å². The monoisotopic (exact) mass is 342 g/mol. The van der Waals surface area contributed by atoms with Crippen molar-refractivity contribution in [2.75, 3.05) is 7.05 Å². The highest BCUT2D eigenvalue weighted by Gasteiger charge is 2.02. The van der Waals surface area contributed by atoms with Crippen molar-refractivity contribution >= 4 is 18.6 Å². The normalized spacial score (nSPS) is 11.4. The molecular weight excluding hydrogens is 312 g/mol. The van der Waals surface area contributed by atoms with Crippen LogP contribution in [0.4, 0.5) is 0 Å². The van der Waals surface area contributed by atoms with Gasteiger partial charge in [-0.3, -0.25) is 4.79 Å². The number of nitrogens with zero attached hydrogens (tertiary/aromatic N) is 3. The molecule has 0 bridgehead atoms. The highest BCUT2D eigenvalue weighted by Crippen LogP contribution is 2.01. The summed E-state index contributed by atoms with van der Waals surface area (Å²) in [7, 11) is 3.84. The molecule has 1 N–H and O–H groups in total. The minimum Gasteiger partial charge on any atom is -0.348 e. The Hall–Kier alpha value is -2.56. The minimum atomic E-state index is 0.568. The molecule has 0 saturated heterocycles. The number of nitrogens with one attached hydrogen (secondary N) is 1. The Morgan fingerprint density at radius 3 is 2.68 bits per heavy atom. The number of aromatic amines is 1. The molecule has 0 saturated carbocycles. The van der Waals surface area contributed by atoms with Gasteiger partial charge in [0.15, 0.2) is 0 Å². The number of rotatable bonds is 3. The van der Waals surface area contributed by atoms with E-state index in [2.05, 4.69) is 58.9 Å². The van der Waals surface area contributed by atoms with Crippen LogP contribution in [0.3, 0.4) is 0 Å². The van der Waals surface area contributed by atoms with Crippen LogP contribution >= 0.6 is 0 Å². The van der Waals surface area contributed by atoms with Gasteiger partial charge in [0.25, 0.3) is 0 Å². The summed E-state index contributed by atoms with van der Waals surface area (Å²) in [5.74, 6) is 0. The quantitative estimate of drug-likeness (QED) is 0.870. The number of hydrogen-bond acceptors (Lipinski definition) is 2. The second-order valence-electron chi connectivity index (χ2n) is 5.71. The van der Waals surface area contributed by atoms with E-state index in [-0.39, 0.29) is 0 Å². The van der Waals surface area contributed by atoms with E-state index in [1.54, 1.807) is 18.3 Å². The molecule has 0 fully saturated rings. The lowest BCUT2D eigenvalue weighted by atomic mass is 10.3. The maximum absolute atomic E-state index is 10.2. The largest absolute Gasteiger partial charge is 0.348 e. The van der Waals surface area contributed by atoms with Gasteiger partial charge in [0, 0.05) is 30.8 Å². The molecule has 136 valence electrons. The Bertz CT molecular complexity index is 811. The van der Waals surface area contributed by atoms with Crippen LogP contribution in [0.1, 0.15) is 37.4 Å². The Morgan fingerprint density at radius 2 is 2.08 bits per heavy atom. The maximum atomic E-state index is 10.2. The molecule has 0 unspecified atom stereocenters. The summed E-state index contributed by atoms with van der Waals surface area (Å²) >= 11 is 0. The molecule has 1 amide bonds. The number of amides is 1. The van der Waals surface area contributed by atoms with E-state index in [1.165, 1.54) is 16.3 Å². The first-order valence-corrected chi connectivity index (χ1v) is 8.66. The highest BCUT2D eigenvalue weighted by molar-refractivity contribution is 5.46. The molecule has 0 spiro atoms. The summed E-state index contributed by atoms with van der Waals surface area (Å²) in [5.41, 5.74) is 3.25. The van der Waals surface area contributed by atoms with Gasteiger partial charge >= 0.3 is 0 Å². The Kier molecular flexibility index (Phi) is 8.47. The van der Waals surface area contributed by atoms with Crippen LogP contribution in [0.25, 0.3) is 12.2 Å². The van der Waals surface area contributed by atoms with Crippen molar-refractivity contribution in [1.29, 1.82) is 0 Å². The fourth-order valence-corrected chi connectivity index (χ4v) is 2.42. The van der Waals surface area contributed by atoms with E-state index in [0.29, 0.717) is 6.54 Å². The van der Waals surface area contributed by atoms with Crippen molar-refractivity contribution in [1.82, 2.24) is 19.4 Å². The summed E-state index contributed by atoms with van der Waals surface area (Å²) in [4.78, 5) is 18.8. The molecule has 5 heteroatoms. The SMILES string of the molecule is CC.Cc1[nH]cnc1CN(C)C=O.Cc1cc2c(n1C)=CCC=CC=2. The first-order chi connectivity index (χ1) is 12.0. The molecule has 0 aromatic carbocycles. The van der Waals surface area contributed by atoms with Crippen molar-refractivity contribution in [3.8, 4) is 0 Å². The number of allylic oxidation sites excluding steroid dienone is 2. The zero-order valence-corrected chi connectivity index (χ0v) is 16.2. The molecule has 1 aliphatic carbocycles. The van der Waals surface area contributed by atoms with Gasteiger partial charge in [-0.1, -0.05) is 38.2 Å². The van der Waals surface area contributed by atoms with Crippen molar-refractivity contribution in [3.05, 3.63) is 52.2 Å². The van der Waals surface area contributed by atoms with Gasteiger partial charge in [0.2, 0.25) is 6.41 Å². The highest BCUT2D eigenvalue weighted by atomic mass is 16.1. The molecule has 3 rings (SSSR count). The zero-order valence-electron chi connectivity index (χ0n) is 16.2. The van der Waals surface area contributed by atoms with Gasteiger partial charge in [0.05, 0.1) is 18.6 Å². The third kappa shape index (κ3) is 5.78. The zero-order chi connectivity index (χ0) is 18.8. The molecular formula is C20H30N4O. The molecule has 5 nitrogen and oxygen atoms in total. The average molecular weight is 342 g/mol. The molecule has 2 aromatic rings. The fourth-order valence-electron chi connectivity index (χ4n) is 2.42. The van der Waals surface area contributed by atoms with E-state index in [9.17, 15) is 4.79 Å². The molecule has 0 atom stereocenters. The lowest BCUT2D eigenvalue weighted by molar-refractivity contribution is -0.117. The lowest BCUT2D eigenvalue weighted by Crippen LogP contribution is -2.26. The maximum Gasteiger partial charge on any atom is 0.209 e. The van der Waals surface area contributed by atoms with Gasteiger partial charge in [-0.25, -0.2) is 4.98 Å². The van der Waals surface area contributed by atoms with Crippen molar-refractivity contribution in [3.63, 3.8) is 0 Å². The van der Waals surface area contributed by atoms with Gasteiger partial charge in [-0.15, -0.1) is 0 Å². The predicted octanol–water partition coefficient (Wildman–Crippen LogP) is 2.19. The van der Waals surface area contributed by atoms with E-state index in [0.717, 1.165) is 24.2 Å². The van der Waals surface area contributed by atoms with E-state index < -0.39 is 0 Å². The van der Waals surface area contributed by atoms with Gasteiger partial charge in [-0.05, 0) is 31.6 Å². The molecule has 1 aliphatic rings. The number of aromatic nitrogens is 3. The van der Waals surface area contributed by atoms with Gasteiger partial charge in [0.1, 0.15) is 0 Å². The molecule has 25 heavy (non-hydrogen) atoms. The fraction of sp³-hybridized carbons (Fsp3) is 0.400. The molecule has 0 aliphatic heterocycles. The second kappa shape index (κ2) is 10.3. The van der Waals surface area contributed by atoms with Crippen LogP contribution in [0.2, 0.25) is 0 Å². The predicted molar refractivity (Wildman–Crippen MR) is 104 cm³/mol. The van der Waals surface area contributed by atoms with Gasteiger partial charge in [-0.2, -0.15) is 0 Å². The Balaban J connectivity index is 0.000000229. The van der Waals surface area contributed by atoms with Crippen LogP contribution in [0.15, 0.2) is 24.5 Å². The lowest BCUT2D eigenvalue weighted by Gasteiger charge is -2.07. The number of H-pyrrole nitrogens is 1. The minimum absolute atomic E-state index is 0.568. The summed E-state index contributed by atoms with van der Waals surface area (Å²) in [6.07, 6.45) is 12.2. The van der Waals surface area contributed by atoms with Gasteiger partial charge < -0.3 is 14.5 Å². The number of fused-ring (bicyclic) bond motifs is 1. The number of hydrogen-bond donors (Lipinski definition) is 1. The smallest absolute Gasteiger partial charge is 0.209 e. The standard InChI is InChI=1S/C11H13N.C7H11N3O.C2H6/c1-9-8-10-6-4-3-5-7-11(10)12(9)2;1-6-7(9-4-8-6)3-10(2)5-11;1-2/h3-4,6-8H,5H2,1-2H3;4-5H,3H2,1-2H3,(H,8,9);1-2H3. The third-order valence-electron chi connectivity index (χ3n) is 3.92. The van der Waals surface area contributed by atoms with E-state index >= 15 is 0 Å². The first kappa shape index (κ1) is 20.5. The average Bonchev–Trinajstić information content (AvgIpc) is 3.04. The second-order valence-corrected chi connectivity index (χ2v) is 5.71. The topological polar surface area (TPSA) is 53.9 Å². The number of imidazole rings is 1. The van der Waals surface area contributed by atoms with Crippen LogP contribution in [0.5, 0.6) is 0 Å². The number of carbonyl (C=O) groups is 1. The van der Waals surface area contributed by atoms with E-state index in [1.807, 2.05) is 20.8 Å². The summed E-state index contributed by atoms with van der Waals surface area (Å²) in [6, 6.07) is 2.22. The molecule has 0 radical (unpaired) electrons. The summed E-state index contributed by atoms with van der Waals surface area (Å²) in [5, 5.41) is 2.68. The van der Waals surface area contributed by atoms with Crippen molar-refractivity contribution in [2.45, 2.75) is 40.7 Å². The first-order valence-electron chi connectivity index (χ1n) is 8.66.